The number of hydrogen-bond donors (Lipinski definition) is 0. The average molecular weight is 883 g/mol. The van der Waals surface area contributed by atoms with E-state index in [0.29, 0.717) is 11.8 Å². The first-order chi connectivity index (χ1) is 34.3. The summed E-state index contributed by atoms with van der Waals surface area (Å²) in [5.41, 5.74) is 19.7. The molecule has 10 aromatic carbocycles. The van der Waals surface area contributed by atoms with Gasteiger partial charge >= 0.3 is 0 Å². The monoisotopic (exact) mass is 882 g/mol. The van der Waals surface area contributed by atoms with Gasteiger partial charge in [-0.15, -0.1) is 10.2 Å². The zero-order valence-corrected chi connectivity index (χ0v) is 37.9. The van der Waals surface area contributed by atoms with Crippen LogP contribution in [-0.4, -0.2) is 10.2 Å². The second kappa shape index (κ2) is 19.7. The Kier molecular flexibility index (Phi) is 12.1. The number of rotatable bonds is 12. The lowest BCUT2D eigenvalue weighted by Crippen LogP contribution is -1.97. The van der Waals surface area contributed by atoms with Crippen LogP contribution in [-0.2, 0) is 0 Å². The van der Waals surface area contributed by atoms with Crippen molar-refractivity contribution in [2.24, 2.45) is 0 Å². The minimum Gasteiger partial charge on any atom is -0.416 e. The predicted molar refractivity (Wildman–Crippen MR) is 285 cm³/mol. The zero-order valence-electron chi connectivity index (χ0n) is 37.9. The molecule has 0 unspecified atom stereocenters. The van der Waals surface area contributed by atoms with Crippen molar-refractivity contribution >= 4 is 22.3 Å². The van der Waals surface area contributed by atoms with Gasteiger partial charge in [-0.3, -0.25) is 0 Å². The summed E-state index contributed by atoms with van der Waals surface area (Å²) in [7, 11) is 0. The van der Waals surface area contributed by atoms with Gasteiger partial charge < -0.3 is 4.42 Å². The molecular formula is C66H46N2O. The minimum absolute atomic E-state index is 0.460. The van der Waals surface area contributed by atoms with Crippen LogP contribution in [0.25, 0.3) is 67.5 Å². The van der Waals surface area contributed by atoms with Crippen LogP contribution in [0.1, 0.15) is 44.5 Å². The summed E-state index contributed by atoms with van der Waals surface area (Å²) in [6.07, 6.45) is 0. The predicted octanol–water partition coefficient (Wildman–Crippen LogP) is 16.8. The van der Waals surface area contributed by atoms with Crippen LogP contribution in [0.2, 0.25) is 0 Å². The van der Waals surface area contributed by atoms with Crippen molar-refractivity contribution in [3.05, 3.63) is 324 Å². The summed E-state index contributed by atoms with van der Waals surface area (Å²) in [6.45, 7) is 0. The summed E-state index contributed by atoms with van der Waals surface area (Å²) >= 11 is 0. The maximum atomic E-state index is 6.64. The van der Waals surface area contributed by atoms with Gasteiger partial charge in [-0.05, 0) is 101 Å². The molecule has 0 radical (unpaired) electrons. The van der Waals surface area contributed by atoms with Gasteiger partial charge in [-0.2, -0.15) is 0 Å². The molecule has 326 valence electrons. The molecule has 0 saturated carbocycles. The van der Waals surface area contributed by atoms with E-state index in [0.717, 1.165) is 77.9 Å². The van der Waals surface area contributed by atoms with Crippen LogP contribution in [0.3, 0.4) is 0 Å². The van der Waals surface area contributed by atoms with E-state index in [-0.39, 0.29) is 0 Å². The molecule has 0 fully saturated rings. The van der Waals surface area contributed by atoms with Crippen LogP contribution in [0.5, 0.6) is 0 Å². The Morgan fingerprint density at radius 2 is 0.406 bits per heavy atom. The largest absolute Gasteiger partial charge is 0.416 e. The van der Waals surface area contributed by atoms with E-state index in [1.165, 1.54) is 22.3 Å². The molecule has 0 N–H and O–H groups in total. The third kappa shape index (κ3) is 8.93. The lowest BCUT2D eigenvalue weighted by molar-refractivity contribution is 0.585. The Balaban J connectivity index is 0.944. The van der Waals surface area contributed by atoms with Gasteiger partial charge in [0.25, 0.3) is 0 Å². The molecule has 11 aromatic rings. The van der Waals surface area contributed by atoms with E-state index in [4.69, 9.17) is 4.42 Å². The molecule has 0 spiro atoms. The Hall–Kier alpha value is -9.18. The third-order valence-corrected chi connectivity index (χ3v) is 12.6. The lowest BCUT2D eigenvalue weighted by atomic mass is 9.85. The molecule has 3 heteroatoms. The molecule has 0 saturated heterocycles. The molecular weight excluding hydrogens is 837 g/mol. The van der Waals surface area contributed by atoms with Crippen LogP contribution in [0.4, 0.5) is 0 Å². The fourth-order valence-corrected chi connectivity index (χ4v) is 9.37. The first-order valence-electron chi connectivity index (χ1n) is 23.3. The van der Waals surface area contributed by atoms with Crippen molar-refractivity contribution in [1.29, 1.82) is 0 Å². The maximum absolute atomic E-state index is 6.64. The lowest BCUT2D eigenvalue weighted by Gasteiger charge is -2.18. The molecule has 0 amide bonds. The number of nitrogens with zero attached hydrogens (tertiary/aromatic N) is 2. The van der Waals surface area contributed by atoms with E-state index in [9.17, 15) is 0 Å². The second-order valence-electron chi connectivity index (χ2n) is 16.9. The maximum Gasteiger partial charge on any atom is 0.248 e. The highest BCUT2D eigenvalue weighted by atomic mass is 16.4. The molecule has 0 aliphatic rings. The molecule has 69 heavy (non-hydrogen) atoms. The normalized spacial score (nSPS) is 10.9. The summed E-state index contributed by atoms with van der Waals surface area (Å²) in [4.78, 5) is 0. The van der Waals surface area contributed by atoms with Gasteiger partial charge in [0, 0.05) is 11.1 Å². The number of benzene rings is 10. The third-order valence-electron chi connectivity index (χ3n) is 12.6. The Bertz CT molecular complexity index is 3210. The molecule has 1 heterocycles. The van der Waals surface area contributed by atoms with E-state index in [1.807, 2.05) is 12.1 Å². The first-order valence-corrected chi connectivity index (χ1v) is 23.3. The molecule has 11 rings (SSSR count). The van der Waals surface area contributed by atoms with Crippen LogP contribution >= 0.6 is 0 Å². The SMILES string of the molecule is c1ccc(C(=C(c2ccccc2)c2ccc(-c3ccccc3-c3nnc(-c4ccccc4-c4ccc(C(=C(c5ccccc5)c5ccccc5)c5ccccc5)cc4)o3)cc2)c2ccccc2)cc1. The Morgan fingerprint density at radius 3 is 0.652 bits per heavy atom. The van der Waals surface area contributed by atoms with E-state index < -0.39 is 0 Å². The van der Waals surface area contributed by atoms with Crippen molar-refractivity contribution in [1.82, 2.24) is 10.2 Å². The molecule has 0 bridgehead atoms. The Morgan fingerprint density at radius 1 is 0.203 bits per heavy atom. The zero-order chi connectivity index (χ0) is 46.2. The summed E-state index contributed by atoms with van der Waals surface area (Å²) in [5, 5.41) is 9.35. The van der Waals surface area contributed by atoms with Crippen LogP contribution in [0, 0.1) is 0 Å². The van der Waals surface area contributed by atoms with Gasteiger partial charge in [-0.1, -0.05) is 267 Å². The standard InChI is InChI=1S/C66H46N2O/c1-7-23-49(24-8-1)61(50-25-9-2-10-26-50)63(53-31-15-5-16-32-53)55-43-39-47(40-44-55)57-35-19-21-37-59(57)65-67-68-66(69-65)60-38-22-20-36-58(60)48-41-45-56(46-42-48)64(54-33-17-6-18-34-54)62(51-27-11-3-12-28-51)52-29-13-4-14-30-52/h1-46H. The van der Waals surface area contributed by atoms with Gasteiger partial charge in [0.2, 0.25) is 11.8 Å². The van der Waals surface area contributed by atoms with Crippen molar-refractivity contribution in [2.45, 2.75) is 0 Å². The van der Waals surface area contributed by atoms with Crippen molar-refractivity contribution in [2.75, 3.05) is 0 Å². The number of aromatic nitrogens is 2. The highest BCUT2D eigenvalue weighted by Gasteiger charge is 2.21. The van der Waals surface area contributed by atoms with Crippen molar-refractivity contribution < 1.29 is 4.42 Å². The summed E-state index contributed by atoms with van der Waals surface area (Å²) in [6, 6.07) is 98.2. The highest BCUT2D eigenvalue weighted by Crippen LogP contribution is 2.41. The van der Waals surface area contributed by atoms with Crippen molar-refractivity contribution in [3.8, 4) is 45.2 Å². The van der Waals surface area contributed by atoms with Gasteiger partial charge in [-0.25, -0.2) is 0 Å². The molecule has 0 aliphatic carbocycles. The highest BCUT2D eigenvalue weighted by molar-refractivity contribution is 6.06. The van der Waals surface area contributed by atoms with Gasteiger partial charge in [0.1, 0.15) is 0 Å². The smallest absolute Gasteiger partial charge is 0.248 e. The van der Waals surface area contributed by atoms with Crippen molar-refractivity contribution in [3.63, 3.8) is 0 Å². The van der Waals surface area contributed by atoms with Crippen LogP contribution in [0.15, 0.2) is 283 Å². The number of hydrogen-bond acceptors (Lipinski definition) is 3. The second-order valence-corrected chi connectivity index (χ2v) is 16.9. The van der Waals surface area contributed by atoms with E-state index in [1.54, 1.807) is 0 Å². The van der Waals surface area contributed by atoms with Gasteiger partial charge in [0.05, 0.1) is 0 Å². The topological polar surface area (TPSA) is 38.9 Å². The minimum atomic E-state index is 0.460. The van der Waals surface area contributed by atoms with E-state index in [2.05, 4.69) is 277 Å². The van der Waals surface area contributed by atoms with Crippen LogP contribution < -0.4 is 0 Å². The first kappa shape index (κ1) is 42.5. The molecule has 0 aliphatic heterocycles. The molecule has 1 aromatic heterocycles. The molecule has 3 nitrogen and oxygen atoms in total. The van der Waals surface area contributed by atoms with Gasteiger partial charge in [0.15, 0.2) is 0 Å². The summed E-state index contributed by atoms with van der Waals surface area (Å²) < 4.78 is 6.64. The average Bonchev–Trinajstić information content (AvgIpc) is 3.94. The fourth-order valence-electron chi connectivity index (χ4n) is 9.37. The van der Waals surface area contributed by atoms with E-state index >= 15 is 0 Å². The Labute approximate surface area is 403 Å². The quantitative estimate of drug-likeness (QED) is 0.115. The summed E-state index contributed by atoms with van der Waals surface area (Å²) in [5.74, 6) is 0.921. The molecule has 0 atom stereocenters. The fraction of sp³-hybridized carbons (Fsp3) is 0.